The van der Waals surface area contributed by atoms with E-state index in [9.17, 15) is 9.59 Å². The van der Waals surface area contributed by atoms with Crippen LogP contribution >= 0.6 is 0 Å². The molecule has 1 fully saturated rings. The minimum absolute atomic E-state index is 0.135. The molecule has 2 atom stereocenters. The third-order valence-corrected chi connectivity index (χ3v) is 4.70. The zero-order valence-electron chi connectivity index (χ0n) is 15.9. The molecule has 1 heterocycles. The van der Waals surface area contributed by atoms with E-state index >= 15 is 0 Å². The van der Waals surface area contributed by atoms with E-state index in [1.165, 1.54) is 0 Å². The summed E-state index contributed by atoms with van der Waals surface area (Å²) in [6.45, 7) is 10.6. The fourth-order valence-electron chi connectivity index (χ4n) is 3.09. The van der Waals surface area contributed by atoms with Gasteiger partial charge < -0.3 is 15.4 Å². The molecule has 5 nitrogen and oxygen atoms in total. The summed E-state index contributed by atoms with van der Waals surface area (Å²) in [5.41, 5.74) is 6.58. The highest BCUT2D eigenvalue weighted by molar-refractivity contribution is 5.88. The molecule has 0 spiro atoms. The number of benzene rings is 1. The molecule has 1 amide bonds. The highest BCUT2D eigenvalue weighted by atomic mass is 16.5. The predicted octanol–water partition coefficient (Wildman–Crippen LogP) is 2.73. The Balaban J connectivity index is 2.10. The van der Waals surface area contributed by atoms with Crippen molar-refractivity contribution in [3.8, 4) is 0 Å². The summed E-state index contributed by atoms with van der Waals surface area (Å²) >= 11 is 0. The maximum absolute atomic E-state index is 12.9. The van der Waals surface area contributed by atoms with Crippen molar-refractivity contribution < 1.29 is 14.3 Å². The number of amides is 1. The van der Waals surface area contributed by atoms with Crippen molar-refractivity contribution in [3.05, 3.63) is 35.9 Å². The molecule has 1 saturated heterocycles. The Bertz CT molecular complexity index is 620. The fourth-order valence-corrected chi connectivity index (χ4v) is 3.09. The van der Waals surface area contributed by atoms with Crippen LogP contribution in [0.4, 0.5) is 0 Å². The van der Waals surface area contributed by atoms with E-state index in [1.807, 2.05) is 51.1 Å². The van der Waals surface area contributed by atoms with Crippen LogP contribution in [0.1, 0.15) is 46.6 Å². The lowest BCUT2D eigenvalue weighted by atomic mass is 9.86. The number of carbonyl (C=O) groups excluding carboxylic acids is 2. The van der Waals surface area contributed by atoms with Gasteiger partial charge in [-0.1, -0.05) is 65.0 Å². The Labute approximate surface area is 150 Å². The van der Waals surface area contributed by atoms with Gasteiger partial charge in [-0.2, -0.15) is 0 Å². The van der Waals surface area contributed by atoms with Gasteiger partial charge in [0.15, 0.2) is 0 Å². The van der Waals surface area contributed by atoms with E-state index in [1.54, 1.807) is 4.90 Å². The molecule has 0 saturated carbocycles. The van der Waals surface area contributed by atoms with Crippen LogP contribution in [0.5, 0.6) is 0 Å². The second-order valence-corrected chi connectivity index (χ2v) is 8.79. The van der Waals surface area contributed by atoms with Crippen LogP contribution in [0.15, 0.2) is 30.3 Å². The van der Waals surface area contributed by atoms with Crippen molar-refractivity contribution in [2.24, 2.45) is 16.6 Å². The summed E-state index contributed by atoms with van der Waals surface area (Å²) in [6.07, 6.45) is 0.587. The number of rotatable bonds is 4. The molecule has 0 radical (unpaired) electrons. The molecule has 5 heteroatoms. The Morgan fingerprint density at radius 1 is 1.28 bits per heavy atom. The van der Waals surface area contributed by atoms with E-state index < -0.39 is 12.1 Å². The standard InChI is InChI=1S/C20H30N2O3/c1-19(2,3)16(21)17(23)22-13-20(4,5)11-15(22)18(24)25-12-14-9-7-6-8-10-14/h6-10,15-16H,11-13,21H2,1-5H3/t15-,16+/m0/s1. The molecular formula is C20H30N2O3. The summed E-state index contributed by atoms with van der Waals surface area (Å²) in [7, 11) is 0. The van der Waals surface area contributed by atoms with Crippen molar-refractivity contribution >= 4 is 11.9 Å². The maximum Gasteiger partial charge on any atom is 0.329 e. The van der Waals surface area contributed by atoms with Gasteiger partial charge in [-0.05, 0) is 22.8 Å². The molecule has 138 valence electrons. The first-order valence-corrected chi connectivity index (χ1v) is 8.78. The third kappa shape index (κ3) is 4.82. The molecule has 0 unspecified atom stereocenters. The smallest absolute Gasteiger partial charge is 0.329 e. The lowest BCUT2D eigenvalue weighted by Crippen LogP contribution is -2.53. The summed E-state index contributed by atoms with van der Waals surface area (Å²) in [5.74, 6) is -0.538. The SMILES string of the molecule is CC1(C)C[C@@H](C(=O)OCc2ccccc2)N(C(=O)[C@@H](N)C(C)(C)C)C1. The lowest BCUT2D eigenvalue weighted by molar-refractivity contribution is -0.155. The highest BCUT2D eigenvalue weighted by Gasteiger charge is 2.46. The van der Waals surface area contributed by atoms with Gasteiger partial charge >= 0.3 is 5.97 Å². The van der Waals surface area contributed by atoms with Gasteiger partial charge in [0.05, 0.1) is 6.04 Å². The normalized spacial score (nSPS) is 21.0. The summed E-state index contributed by atoms with van der Waals surface area (Å²) in [4.78, 5) is 27.1. The Morgan fingerprint density at radius 3 is 2.44 bits per heavy atom. The topological polar surface area (TPSA) is 72.6 Å². The Hall–Kier alpha value is -1.88. The van der Waals surface area contributed by atoms with E-state index in [0.717, 1.165) is 5.56 Å². The Morgan fingerprint density at radius 2 is 1.88 bits per heavy atom. The van der Waals surface area contributed by atoms with Crippen molar-refractivity contribution in [1.82, 2.24) is 4.90 Å². The van der Waals surface area contributed by atoms with Crippen LogP contribution in [0.2, 0.25) is 0 Å². The van der Waals surface area contributed by atoms with Gasteiger partial charge in [0.2, 0.25) is 5.91 Å². The van der Waals surface area contributed by atoms with Gasteiger partial charge in [-0.25, -0.2) is 4.79 Å². The first kappa shape index (κ1) is 19.4. The minimum Gasteiger partial charge on any atom is -0.459 e. The maximum atomic E-state index is 12.9. The van der Waals surface area contributed by atoms with Crippen LogP contribution < -0.4 is 5.73 Å². The lowest BCUT2D eigenvalue weighted by Gasteiger charge is -2.32. The van der Waals surface area contributed by atoms with Crippen molar-refractivity contribution in [3.63, 3.8) is 0 Å². The van der Waals surface area contributed by atoms with E-state index in [2.05, 4.69) is 13.8 Å². The van der Waals surface area contributed by atoms with E-state index in [4.69, 9.17) is 10.5 Å². The minimum atomic E-state index is -0.647. The zero-order valence-corrected chi connectivity index (χ0v) is 15.9. The van der Waals surface area contributed by atoms with Gasteiger partial charge in [0.1, 0.15) is 12.6 Å². The highest BCUT2D eigenvalue weighted by Crippen LogP contribution is 2.36. The number of ether oxygens (including phenoxy) is 1. The number of nitrogens with two attached hydrogens (primary N) is 1. The first-order chi connectivity index (χ1) is 11.5. The van der Waals surface area contributed by atoms with Gasteiger partial charge in [-0.15, -0.1) is 0 Å². The molecule has 2 rings (SSSR count). The predicted molar refractivity (Wildman–Crippen MR) is 97.6 cm³/mol. The largest absolute Gasteiger partial charge is 0.459 e. The van der Waals surface area contributed by atoms with Crippen LogP contribution in [0.25, 0.3) is 0 Å². The average Bonchev–Trinajstić information content (AvgIpc) is 2.87. The number of nitrogens with zero attached hydrogens (tertiary/aromatic N) is 1. The quantitative estimate of drug-likeness (QED) is 0.851. The zero-order chi connectivity index (χ0) is 18.8. The molecular weight excluding hydrogens is 316 g/mol. The van der Waals surface area contributed by atoms with E-state index in [-0.39, 0.29) is 29.3 Å². The summed E-state index contributed by atoms with van der Waals surface area (Å²) < 4.78 is 5.48. The number of likely N-dealkylation sites (tertiary alicyclic amines) is 1. The second-order valence-electron chi connectivity index (χ2n) is 8.79. The number of carbonyl (C=O) groups is 2. The third-order valence-electron chi connectivity index (χ3n) is 4.70. The second kappa shape index (κ2) is 7.16. The Kier molecular flexibility index (Phi) is 5.57. The molecule has 0 aliphatic carbocycles. The van der Waals surface area contributed by atoms with E-state index in [0.29, 0.717) is 13.0 Å². The summed E-state index contributed by atoms with van der Waals surface area (Å²) in [5, 5.41) is 0. The molecule has 1 aromatic rings. The van der Waals surface area contributed by atoms with Crippen LogP contribution in [0, 0.1) is 10.8 Å². The van der Waals surface area contributed by atoms with Crippen LogP contribution in [-0.4, -0.2) is 35.4 Å². The van der Waals surface area contributed by atoms with Crippen molar-refractivity contribution in [2.75, 3.05) is 6.54 Å². The van der Waals surface area contributed by atoms with Crippen LogP contribution in [0.3, 0.4) is 0 Å². The molecule has 0 aromatic heterocycles. The molecule has 2 N–H and O–H groups in total. The van der Waals surface area contributed by atoms with Crippen LogP contribution in [-0.2, 0) is 20.9 Å². The van der Waals surface area contributed by atoms with Crippen molar-refractivity contribution in [2.45, 2.75) is 59.7 Å². The van der Waals surface area contributed by atoms with Gasteiger partial charge in [0.25, 0.3) is 0 Å². The first-order valence-electron chi connectivity index (χ1n) is 8.78. The molecule has 1 aliphatic heterocycles. The number of esters is 1. The summed E-state index contributed by atoms with van der Waals surface area (Å²) in [6, 6.07) is 8.32. The molecule has 1 aliphatic rings. The van der Waals surface area contributed by atoms with Gasteiger partial charge in [-0.3, -0.25) is 4.79 Å². The molecule has 1 aromatic carbocycles. The average molecular weight is 346 g/mol. The molecule has 25 heavy (non-hydrogen) atoms. The molecule has 0 bridgehead atoms. The number of hydrogen-bond acceptors (Lipinski definition) is 4. The monoisotopic (exact) mass is 346 g/mol. The number of hydrogen-bond donors (Lipinski definition) is 1. The van der Waals surface area contributed by atoms with Crippen molar-refractivity contribution in [1.29, 1.82) is 0 Å². The fraction of sp³-hybridized carbons (Fsp3) is 0.600. The van der Waals surface area contributed by atoms with Gasteiger partial charge in [0, 0.05) is 6.54 Å².